The Morgan fingerprint density at radius 2 is 1.81 bits per heavy atom. The third kappa shape index (κ3) is 8.65. The topological polar surface area (TPSA) is 153 Å². The molecule has 10 nitrogen and oxygen atoms in total. The highest BCUT2D eigenvalue weighted by Crippen LogP contribution is 2.15. The van der Waals surface area contributed by atoms with Gasteiger partial charge >= 0.3 is 5.97 Å². The lowest BCUT2D eigenvalue weighted by Crippen LogP contribution is -2.38. The van der Waals surface area contributed by atoms with Crippen LogP contribution >= 0.6 is 11.6 Å². The maximum Gasteiger partial charge on any atom is 0.305 e. The molecule has 0 aliphatic rings. The molecular formula is C20H20ClN5O5. The van der Waals surface area contributed by atoms with Crippen LogP contribution in [0.25, 0.3) is 10.4 Å². The zero-order valence-corrected chi connectivity index (χ0v) is 17.1. The molecule has 31 heavy (non-hydrogen) atoms. The van der Waals surface area contributed by atoms with Gasteiger partial charge in [0.1, 0.15) is 5.75 Å². The van der Waals surface area contributed by atoms with Gasteiger partial charge in [-0.25, -0.2) is 0 Å². The number of carboxylic acids is 1. The summed E-state index contributed by atoms with van der Waals surface area (Å²) in [7, 11) is 0. The summed E-state index contributed by atoms with van der Waals surface area (Å²) in [6.45, 7) is -0.0851. The summed E-state index contributed by atoms with van der Waals surface area (Å²) in [6.07, 6.45) is -0.368. The number of nitrogens with one attached hydrogen (secondary N) is 2. The van der Waals surface area contributed by atoms with E-state index in [4.69, 9.17) is 27.0 Å². The number of ether oxygens (including phenoxy) is 1. The van der Waals surface area contributed by atoms with Gasteiger partial charge in [0.2, 0.25) is 0 Å². The van der Waals surface area contributed by atoms with E-state index in [0.717, 1.165) is 5.56 Å². The molecule has 0 aliphatic heterocycles. The van der Waals surface area contributed by atoms with E-state index in [1.54, 1.807) is 48.5 Å². The second-order valence-electron chi connectivity index (χ2n) is 6.40. The smallest absolute Gasteiger partial charge is 0.305 e. The van der Waals surface area contributed by atoms with Crippen molar-refractivity contribution in [2.45, 2.75) is 19.0 Å². The average molecular weight is 446 g/mol. The number of nitrogens with zero attached hydrogens (tertiary/aromatic N) is 3. The molecule has 162 valence electrons. The Labute approximate surface area is 182 Å². The molecule has 0 aliphatic carbocycles. The highest BCUT2D eigenvalue weighted by atomic mass is 35.5. The summed E-state index contributed by atoms with van der Waals surface area (Å²) in [5.74, 6) is -1.40. The molecule has 0 heterocycles. The monoisotopic (exact) mass is 445 g/mol. The molecule has 0 saturated carbocycles. The summed E-state index contributed by atoms with van der Waals surface area (Å²) in [6, 6.07) is 12.2. The minimum Gasteiger partial charge on any atom is -0.484 e. The molecule has 0 saturated heterocycles. The Morgan fingerprint density at radius 3 is 2.42 bits per heavy atom. The van der Waals surface area contributed by atoms with Gasteiger partial charge in [0.25, 0.3) is 11.8 Å². The number of azide groups is 1. The van der Waals surface area contributed by atoms with Gasteiger partial charge < -0.3 is 20.5 Å². The minimum absolute atomic E-state index is 0.154. The van der Waals surface area contributed by atoms with E-state index in [-0.39, 0.29) is 32.0 Å². The Bertz CT molecular complexity index is 955. The van der Waals surface area contributed by atoms with Crippen molar-refractivity contribution in [1.82, 2.24) is 10.6 Å². The molecule has 0 aromatic heterocycles. The molecule has 2 rings (SSSR count). The van der Waals surface area contributed by atoms with Crippen LogP contribution in [-0.2, 0) is 16.1 Å². The van der Waals surface area contributed by atoms with Crippen LogP contribution in [0.3, 0.4) is 0 Å². The van der Waals surface area contributed by atoms with Gasteiger partial charge in [0, 0.05) is 34.6 Å². The zero-order valence-electron chi connectivity index (χ0n) is 16.3. The van der Waals surface area contributed by atoms with Crippen molar-refractivity contribution in [2.75, 3.05) is 13.2 Å². The van der Waals surface area contributed by atoms with Crippen LogP contribution in [0, 0.1) is 0 Å². The molecule has 2 amide bonds. The number of carboxylic acid groups (broad SMARTS) is 1. The van der Waals surface area contributed by atoms with E-state index >= 15 is 0 Å². The molecule has 0 fully saturated rings. The maximum atomic E-state index is 12.3. The van der Waals surface area contributed by atoms with Crippen LogP contribution in [0.4, 0.5) is 0 Å². The molecule has 11 heteroatoms. The highest BCUT2D eigenvalue weighted by molar-refractivity contribution is 6.30. The quantitative estimate of drug-likeness (QED) is 0.275. The first-order valence-corrected chi connectivity index (χ1v) is 9.52. The fourth-order valence-electron chi connectivity index (χ4n) is 2.48. The van der Waals surface area contributed by atoms with Crippen molar-refractivity contribution in [3.63, 3.8) is 0 Å². The molecule has 2 aromatic rings. The predicted octanol–water partition coefficient (Wildman–Crippen LogP) is 2.92. The second kappa shape index (κ2) is 12.1. The lowest BCUT2D eigenvalue weighted by molar-refractivity contribution is -0.137. The van der Waals surface area contributed by atoms with Gasteiger partial charge in [-0.15, -0.1) is 0 Å². The Hall–Kier alpha value is -3.75. The van der Waals surface area contributed by atoms with Crippen LogP contribution < -0.4 is 15.4 Å². The van der Waals surface area contributed by atoms with Gasteiger partial charge in [0.15, 0.2) is 6.61 Å². The van der Waals surface area contributed by atoms with Gasteiger partial charge in [0.05, 0.1) is 6.42 Å². The first-order chi connectivity index (χ1) is 14.9. The second-order valence-corrected chi connectivity index (χ2v) is 6.83. The lowest BCUT2D eigenvalue weighted by Gasteiger charge is -2.14. The number of hydrogen-bond donors (Lipinski definition) is 3. The SMILES string of the molecule is [N-]=[N+]=NC[C@H](CC(=O)O)NC(=O)c1ccc(CNC(=O)COc2ccc(Cl)cc2)cc1. The van der Waals surface area contributed by atoms with E-state index in [9.17, 15) is 14.4 Å². The molecule has 2 aromatic carbocycles. The van der Waals surface area contributed by atoms with Crippen LogP contribution in [0.2, 0.25) is 5.02 Å². The molecule has 1 atom stereocenters. The van der Waals surface area contributed by atoms with Crippen molar-refractivity contribution < 1.29 is 24.2 Å². The average Bonchev–Trinajstić information content (AvgIpc) is 2.75. The van der Waals surface area contributed by atoms with Crippen LogP contribution in [0.15, 0.2) is 53.6 Å². The zero-order chi connectivity index (χ0) is 22.6. The predicted molar refractivity (Wildman–Crippen MR) is 113 cm³/mol. The number of benzene rings is 2. The summed E-state index contributed by atoms with van der Waals surface area (Å²) in [5.41, 5.74) is 9.44. The third-order valence-electron chi connectivity index (χ3n) is 4.01. The molecule has 0 unspecified atom stereocenters. The summed E-state index contributed by atoms with van der Waals surface area (Å²) >= 11 is 5.79. The molecule has 0 bridgehead atoms. The molecule has 3 N–H and O–H groups in total. The Balaban J connectivity index is 1.82. The van der Waals surface area contributed by atoms with Crippen molar-refractivity contribution in [2.24, 2.45) is 5.11 Å². The first-order valence-electron chi connectivity index (χ1n) is 9.15. The van der Waals surface area contributed by atoms with Crippen molar-refractivity contribution in [3.8, 4) is 5.75 Å². The molecule has 0 spiro atoms. The third-order valence-corrected chi connectivity index (χ3v) is 4.26. The van der Waals surface area contributed by atoms with Gasteiger partial charge in [-0.3, -0.25) is 14.4 Å². The fourth-order valence-corrected chi connectivity index (χ4v) is 2.61. The normalized spacial score (nSPS) is 11.0. The van der Waals surface area contributed by atoms with Crippen molar-refractivity contribution >= 4 is 29.4 Å². The van der Waals surface area contributed by atoms with E-state index in [1.165, 1.54) is 0 Å². The first kappa shape index (κ1) is 23.5. The fraction of sp³-hybridized carbons (Fsp3) is 0.250. The Kier molecular flexibility index (Phi) is 9.15. The Morgan fingerprint density at radius 1 is 1.13 bits per heavy atom. The molecular weight excluding hydrogens is 426 g/mol. The van der Waals surface area contributed by atoms with E-state index in [2.05, 4.69) is 20.7 Å². The highest BCUT2D eigenvalue weighted by Gasteiger charge is 2.16. The number of carbonyl (C=O) groups excluding carboxylic acids is 2. The van der Waals surface area contributed by atoms with E-state index in [0.29, 0.717) is 16.3 Å². The molecule has 0 radical (unpaired) electrons. The van der Waals surface area contributed by atoms with Gasteiger partial charge in [-0.2, -0.15) is 0 Å². The summed E-state index contributed by atoms with van der Waals surface area (Å²) < 4.78 is 5.36. The van der Waals surface area contributed by atoms with Gasteiger partial charge in [-0.1, -0.05) is 28.8 Å². The van der Waals surface area contributed by atoms with E-state index in [1.807, 2.05) is 0 Å². The number of rotatable bonds is 11. The number of amides is 2. The number of halogens is 1. The van der Waals surface area contributed by atoms with E-state index < -0.39 is 17.9 Å². The standard InChI is InChI=1S/C20H20ClN5O5/c21-15-5-7-17(8-6-15)31-12-18(27)23-10-13-1-3-14(4-2-13)20(30)25-16(9-19(28)29)11-24-26-22/h1-8,16H,9-12H2,(H,23,27)(H,25,30)(H,28,29)/t16-/m0/s1. The maximum absolute atomic E-state index is 12.3. The van der Waals surface area contributed by atoms with Crippen molar-refractivity contribution in [1.29, 1.82) is 0 Å². The van der Waals surface area contributed by atoms with Crippen LogP contribution in [-0.4, -0.2) is 42.1 Å². The van der Waals surface area contributed by atoms with Crippen LogP contribution in [0.1, 0.15) is 22.3 Å². The minimum atomic E-state index is -1.12. The number of carbonyl (C=O) groups is 3. The number of aliphatic carboxylic acids is 1. The lowest BCUT2D eigenvalue weighted by atomic mass is 10.1. The summed E-state index contributed by atoms with van der Waals surface area (Å²) in [5, 5.41) is 18.0. The van der Waals surface area contributed by atoms with Gasteiger partial charge in [-0.05, 0) is 47.5 Å². The largest absolute Gasteiger partial charge is 0.484 e. The van der Waals surface area contributed by atoms with Crippen LogP contribution in [0.5, 0.6) is 5.75 Å². The number of hydrogen-bond acceptors (Lipinski definition) is 5. The summed E-state index contributed by atoms with van der Waals surface area (Å²) in [4.78, 5) is 37.6. The van der Waals surface area contributed by atoms with Crippen molar-refractivity contribution in [3.05, 3.63) is 75.1 Å².